The minimum atomic E-state index is 0.186. The Kier molecular flexibility index (Phi) is 4.59. The molecule has 3 aromatic rings. The molecule has 2 aliphatic rings. The lowest BCUT2D eigenvalue weighted by Crippen LogP contribution is -2.38. The Hall–Kier alpha value is -2.34. The van der Waals surface area contributed by atoms with E-state index in [0.717, 1.165) is 66.9 Å². The van der Waals surface area contributed by atoms with Crippen LogP contribution in [-0.2, 0) is 6.42 Å². The molecule has 6 nitrogen and oxygen atoms in total. The number of hydrogen-bond donors (Lipinski definition) is 0. The molecule has 0 N–H and O–H groups in total. The molecule has 4 heterocycles. The SMILES string of the molecule is Cc1cccnc1OC1CCN(c2ccn3c(CC4CC4)nnc3c2Cl)CC1. The summed E-state index contributed by atoms with van der Waals surface area (Å²) in [4.78, 5) is 6.67. The predicted octanol–water partition coefficient (Wildman–Crippen LogP) is 4.09. The molecule has 0 bridgehead atoms. The summed E-state index contributed by atoms with van der Waals surface area (Å²) in [5.41, 5.74) is 2.87. The third kappa shape index (κ3) is 3.41. The third-order valence-electron chi connectivity index (χ3n) is 5.76. The van der Waals surface area contributed by atoms with Crippen molar-refractivity contribution in [2.45, 2.75) is 45.1 Å². The summed E-state index contributed by atoms with van der Waals surface area (Å²) >= 11 is 6.72. The number of anilines is 1. The van der Waals surface area contributed by atoms with Crippen molar-refractivity contribution >= 4 is 22.9 Å². The molecule has 0 spiro atoms. The second kappa shape index (κ2) is 7.24. The standard InChI is InChI=1S/C21H24ClN5O/c1-14-3-2-9-23-21(14)28-16-6-10-26(11-7-16)17-8-12-27-18(13-15-4-5-15)24-25-20(27)19(17)22/h2-3,8-9,12,15-16H,4-7,10-11,13H2,1H3. The number of aryl methyl sites for hydroxylation is 1. The first-order valence-corrected chi connectivity index (χ1v) is 10.4. The van der Waals surface area contributed by atoms with Crippen LogP contribution in [0, 0.1) is 12.8 Å². The van der Waals surface area contributed by atoms with Gasteiger partial charge in [-0.25, -0.2) is 4.98 Å². The van der Waals surface area contributed by atoms with E-state index in [2.05, 4.69) is 32.3 Å². The van der Waals surface area contributed by atoms with Crippen molar-refractivity contribution in [1.82, 2.24) is 19.6 Å². The van der Waals surface area contributed by atoms with E-state index in [1.807, 2.05) is 23.5 Å². The van der Waals surface area contributed by atoms with Gasteiger partial charge in [0.1, 0.15) is 17.0 Å². The Morgan fingerprint density at radius 1 is 1.14 bits per heavy atom. The first kappa shape index (κ1) is 17.7. The lowest BCUT2D eigenvalue weighted by molar-refractivity contribution is 0.163. The van der Waals surface area contributed by atoms with Gasteiger partial charge in [0.2, 0.25) is 5.88 Å². The maximum atomic E-state index is 6.72. The minimum Gasteiger partial charge on any atom is -0.474 e. The Morgan fingerprint density at radius 3 is 2.71 bits per heavy atom. The van der Waals surface area contributed by atoms with Gasteiger partial charge in [0.15, 0.2) is 5.65 Å². The molecule has 1 aliphatic heterocycles. The van der Waals surface area contributed by atoms with E-state index in [1.54, 1.807) is 6.20 Å². The van der Waals surface area contributed by atoms with Crippen molar-refractivity contribution in [3.05, 3.63) is 47.0 Å². The number of halogens is 1. The summed E-state index contributed by atoms with van der Waals surface area (Å²) in [6, 6.07) is 6.06. The van der Waals surface area contributed by atoms with E-state index >= 15 is 0 Å². The first-order chi connectivity index (χ1) is 13.7. The van der Waals surface area contributed by atoms with Crippen molar-refractivity contribution in [3.8, 4) is 5.88 Å². The van der Waals surface area contributed by atoms with Crippen LogP contribution in [0.15, 0.2) is 30.6 Å². The van der Waals surface area contributed by atoms with Crippen molar-refractivity contribution in [2.24, 2.45) is 5.92 Å². The van der Waals surface area contributed by atoms with Gasteiger partial charge in [0.25, 0.3) is 0 Å². The third-order valence-corrected chi connectivity index (χ3v) is 6.12. The molecule has 1 saturated carbocycles. The average molecular weight is 398 g/mol. The zero-order valence-electron chi connectivity index (χ0n) is 16.0. The molecule has 5 rings (SSSR count). The van der Waals surface area contributed by atoms with Gasteiger partial charge in [-0.1, -0.05) is 17.7 Å². The number of pyridine rings is 2. The smallest absolute Gasteiger partial charge is 0.216 e. The van der Waals surface area contributed by atoms with E-state index in [9.17, 15) is 0 Å². The van der Waals surface area contributed by atoms with E-state index < -0.39 is 0 Å². The molecule has 0 amide bonds. The zero-order chi connectivity index (χ0) is 19.1. The van der Waals surface area contributed by atoms with E-state index in [0.29, 0.717) is 5.02 Å². The predicted molar refractivity (Wildman–Crippen MR) is 109 cm³/mol. The van der Waals surface area contributed by atoms with Gasteiger partial charge in [-0.2, -0.15) is 0 Å². The summed E-state index contributed by atoms with van der Waals surface area (Å²) in [6.07, 6.45) is 9.51. The van der Waals surface area contributed by atoms with Crippen LogP contribution in [-0.4, -0.2) is 38.8 Å². The molecule has 146 valence electrons. The quantitative estimate of drug-likeness (QED) is 0.649. The molecule has 2 fully saturated rings. The molecular formula is C21H24ClN5O. The van der Waals surface area contributed by atoms with Crippen LogP contribution >= 0.6 is 11.6 Å². The van der Waals surface area contributed by atoms with Crippen molar-refractivity contribution in [2.75, 3.05) is 18.0 Å². The second-order valence-corrected chi connectivity index (χ2v) is 8.28. The van der Waals surface area contributed by atoms with Crippen molar-refractivity contribution in [3.63, 3.8) is 0 Å². The fourth-order valence-corrected chi connectivity index (χ4v) is 4.20. The highest BCUT2D eigenvalue weighted by Crippen LogP contribution is 2.35. The molecule has 1 saturated heterocycles. The van der Waals surface area contributed by atoms with Gasteiger partial charge in [-0.15, -0.1) is 10.2 Å². The largest absolute Gasteiger partial charge is 0.474 e. The van der Waals surface area contributed by atoms with Crippen LogP contribution in [0.3, 0.4) is 0 Å². The second-order valence-electron chi connectivity index (χ2n) is 7.90. The number of piperidine rings is 1. The minimum absolute atomic E-state index is 0.186. The number of nitrogens with zero attached hydrogens (tertiary/aromatic N) is 5. The lowest BCUT2D eigenvalue weighted by Gasteiger charge is -2.34. The number of fused-ring (bicyclic) bond motifs is 1. The van der Waals surface area contributed by atoms with Gasteiger partial charge in [-0.05, 0) is 37.8 Å². The van der Waals surface area contributed by atoms with Crippen LogP contribution in [0.5, 0.6) is 5.88 Å². The van der Waals surface area contributed by atoms with E-state index in [1.165, 1.54) is 12.8 Å². The molecule has 28 heavy (non-hydrogen) atoms. The number of rotatable bonds is 5. The molecule has 7 heteroatoms. The zero-order valence-corrected chi connectivity index (χ0v) is 16.8. The highest BCUT2D eigenvalue weighted by molar-refractivity contribution is 6.36. The summed E-state index contributed by atoms with van der Waals surface area (Å²) in [5, 5.41) is 9.42. The Morgan fingerprint density at radius 2 is 1.96 bits per heavy atom. The van der Waals surface area contributed by atoms with Gasteiger partial charge >= 0.3 is 0 Å². The lowest BCUT2D eigenvalue weighted by atomic mass is 10.1. The fraction of sp³-hybridized carbons (Fsp3) is 0.476. The average Bonchev–Trinajstić information content (AvgIpc) is 3.43. The summed E-state index contributed by atoms with van der Waals surface area (Å²) in [6.45, 7) is 3.83. The summed E-state index contributed by atoms with van der Waals surface area (Å²) in [7, 11) is 0. The maximum absolute atomic E-state index is 6.72. The van der Waals surface area contributed by atoms with Crippen molar-refractivity contribution in [1.29, 1.82) is 0 Å². The van der Waals surface area contributed by atoms with Crippen LogP contribution in [0.2, 0.25) is 5.02 Å². The number of aromatic nitrogens is 4. The molecule has 1 aliphatic carbocycles. The Labute approximate surface area is 169 Å². The summed E-state index contributed by atoms with van der Waals surface area (Å²) in [5.74, 6) is 2.53. The number of ether oxygens (including phenoxy) is 1. The van der Waals surface area contributed by atoms with Crippen molar-refractivity contribution < 1.29 is 4.74 Å². The maximum Gasteiger partial charge on any atom is 0.216 e. The molecule has 0 radical (unpaired) electrons. The van der Waals surface area contributed by atoms with Crippen LogP contribution in [0.1, 0.15) is 37.1 Å². The molecular weight excluding hydrogens is 374 g/mol. The highest BCUT2D eigenvalue weighted by atomic mass is 35.5. The molecule has 3 aromatic heterocycles. The normalized spacial score (nSPS) is 18.0. The molecule has 0 aromatic carbocycles. The van der Waals surface area contributed by atoms with E-state index in [-0.39, 0.29) is 6.10 Å². The van der Waals surface area contributed by atoms with Gasteiger partial charge < -0.3 is 9.64 Å². The Bertz CT molecular complexity index is 992. The Balaban J connectivity index is 1.29. The highest BCUT2D eigenvalue weighted by Gasteiger charge is 2.26. The van der Waals surface area contributed by atoms with Gasteiger partial charge in [0.05, 0.1) is 5.69 Å². The summed E-state index contributed by atoms with van der Waals surface area (Å²) < 4.78 is 8.17. The monoisotopic (exact) mass is 397 g/mol. The molecule has 0 unspecified atom stereocenters. The van der Waals surface area contributed by atoms with Crippen LogP contribution < -0.4 is 9.64 Å². The first-order valence-electron chi connectivity index (χ1n) is 10.0. The fourth-order valence-electron chi connectivity index (χ4n) is 3.89. The topological polar surface area (TPSA) is 55.5 Å². The molecule has 0 atom stereocenters. The van der Waals surface area contributed by atoms with Gasteiger partial charge in [0, 0.05) is 50.3 Å². The van der Waals surface area contributed by atoms with Crippen LogP contribution in [0.25, 0.3) is 5.65 Å². The van der Waals surface area contributed by atoms with Crippen LogP contribution in [0.4, 0.5) is 5.69 Å². The van der Waals surface area contributed by atoms with Gasteiger partial charge in [-0.3, -0.25) is 4.40 Å². The van der Waals surface area contributed by atoms with E-state index in [4.69, 9.17) is 16.3 Å². The number of hydrogen-bond acceptors (Lipinski definition) is 5.